The van der Waals surface area contributed by atoms with Crippen LogP contribution < -0.4 is 29.6 Å². The third-order valence-corrected chi connectivity index (χ3v) is 17.0. The molecule has 0 aromatic heterocycles. The Labute approximate surface area is 201 Å². The summed E-state index contributed by atoms with van der Waals surface area (Å²) in [5.41, 5.74) is 0. The second-order valence-corrected chi connectivity index (χ2v) is 19.8. The fourth-order valence-electron chi connectivity index (χ4n) is 1.37. The van der Waals surface area contributed by atoms with Crippen molar-refractivity contribution in [2.75, 3.05) is 54.9 Å². The molecule has 5 nitrogen and oxygen atoms in total. The second-order valence-electron chi connectivity index (χ2n) is 9.70. The average Bonchev–Trinajstić information content (AvgIpc) is 2.49. The summed E-state index contributed by atoms with van der Waals surface area (Å²) >= 11 is 0. The van der Waals surface area contributed by atoms with Gasteiger partial charge < -0.3 is 23.6 Å². The molecule has 0 rings (SSSR count). The number of rotatable bonds is 8. The number of nitrogens with zero attached hydrogens (tertiary/aromatic N) is 1. The molecule has 0 amide bonds. The monoisotopic (exact) mass is 447 g/mol. The van der Waals surface area contributed by atoms with Gasteiger partial charge in [-0.3, -0.25) is 0 Å². The summed E-state index contributed by atoms with van der Waals surface area (Å²) in [6.07, 6.45) is 0. The molecule has 0 aromatic rings. The first-order chi connectivity index (χ1) is 12.0. The van der Waals surface area contributed by atoms with Crippen molar-refractivity contribution in [2.45, 2.75) is 77.8 Å². The van der Waals surface area contributed by atoms with Crippen molar-refractivity contribution < 1.29 is 48.5 Å². The Morgan fingerprint density at radius 3 is 0.821 bits per heavy atom. The summed E-state index contributed by atoms with van der Waals surface area (Å²) in [4.78, 5) is 0. The van der Waals surface area contributed by atoms with Crippen LogP contribution >= 0.6 is 0 Å². The van der Waals surface area contributed by atoms with E-state index in [0.717, 1.165) is 0 Å². The molecule has 0 radical (unpaired) electrons. The van der Waals surface area contributed by atoms with E-state index < -0.39 is 16.5 Å². The van der Waals surface area contributed by atoms with Crippen LogP contribution in [-0.2, 0) is 18.9 Å². The van der Waals surface area contributed by atoms with Crippen LogP contribution in [0.5, 0.6) is 0 Å². The number of methoxy groups -OCH3 is 4. The van der Waals surface area contributed by atoms with Crippen molar-refractivity contribution in [3.63, 3.8) is 0 Å². The van der Waals surface area contributed by atoms with Gasteiger partial charge >= 0.3 is 29.6 Å². The first-order valence-corrected chi connectivity index (χ1v) is 15.6. The summed E-state index contributed by atoms with van der Waals surface area (Å²) in [5, 5.41) is 0.755. The zero-order valence-corrected chi connectivity index (χ0v) is 25.9. The van der Waals surface area contributed by atoms with Crippen LogP contribution in [0.15, 0.2) is 0 Å². The van der Waals surface area contributed by atoms with E-state index in [4.69, 9.17) is 4.65 Å². The molecule has 0 aliphatic rings. The normalized spacial score (nSPS) is 12.2. The molecule has 8 heteroatoms. The maximum atomic E-state index is 5.36. The minimum Gasteiger partial charge on any atom is -0.666 e. The Hall–Kier alpha value is 1.23. The van der Waals surface area contributed by atoms with Gasteiger partial charge in [-0.25, -0.2) is 0 Å². The molecule has 0 N–H and O–H groups in total. The van der Waals surface area contributed by atoms with Crippen LogP contribution in [0, 0.1) is 0 Å². The van der Waals surface area contributed by atoms with Crippen LogP contribution in [-0.4, -0.2) is 71.3 Å². The molecule has 0 saturated carbocycles. The molecule has 0 fully saturated rings. The third kappa shape index (κ3) is 19.2. The van der Waals surface area contributed by atoms with E-state index in [1.165, 1.54) is 0 Å². The number of hydrogen-bond acceptors (Lipinski definition) is 4. The molecule has 0 atom stereocenters. The molecule has 0 aliphatic heterocycles. The molecule has 0 spiro atoms. The van der Waals surface area contributed by atoms with Gasteiger partial charge in [0.15, 0.2) is 0 Å². The van der Waals surface area contributed by atoms with E-state index in [1.54, 1.807) is 28.4 Å². The van der Waals surface area contributed by atoms with Crippen LogP contribution in [0.25, 0.3) is 4.65 Å². The van der Waals surface area contributed by atoms with Gasteiger partial charge in [-0.2, -0.15) is 0 Å². The van der Waals surface area contributed by atoms with Crippen molar-refractivity contribution >= 4 is 16.5 Å². The standard InChI is InChI=1S/C12H30NSi2.2C4H10O2.Na/c1-11(2,3)14(7,8)13-15(9,10)12(4,5)6;2*1-5-3-4-6-2;/h1-10H3;2*3-4H2,1-2H3;/q-1;;;+1. The largest absolute Gasteiger partial charge is 1.00 e. The average molecular weight is 448 g/mol. The molecule has 28 heavy (non-hydrogen) atoms. The van der Waals surface area contributed by atoms with E-state index in [2.05, 4.69) is 86.7 Å². The summed E-state index contributed by atoms with van der Waals surface area (Å²) in [6.45, 7) is 26.5. The maximum absolute atomic E-state index is 5.36. The molecule has 0 aromatic carbocycles. The Morgan fingerprint density at radius 2 is 0.714 bits per heavy atom. The molecular formula is C20H50NNaO4Si2. The van der Waals surface area contributed by atoms with Gasteiger partial charge in [-0.15, -0.1) is 0 Å². The Morgan fingerprint density at radius 1 is 0.536 bits per heavy atom. The van der Waals surface area contributed by atoms with Crippen molar-refractivity contribution in [2.24, 2.45) is 0 Å². The summed E-state index contributed by atoms with van der Waals surface area (Å²) < 4.78 is 24.0. The van der Waals surface area contributed by atoms with Crippen molar-refractivity contribution in [3.8, 4) is 0 Å². The number of hydrogen-bond donors (Lipinski definition) is 0. The number of ether oxygens (including phenoxy) is 4. The Kier molecular flexibility index (Phi) is 23.4. The molecule has 0 unspecified atom stereocenters. The van der Waals surface area contributed by atoms with Gasteiger partial charge in [0.2, 0.25) is 0 Å². The van der Waals surface area contributed by atoms with E-state index in [-0.39, 0.29) is 29.6 Å². The third-order valence-electron chi connectivity index (χ3n) is 5.21. The predicted molar refractivity (Wildman–Crippen MR) is 125 cm³/mol. The smallest absolute Gasteiger partial charge is 0.666 e. The van der Waals surface area contributed by atoms with Gasteiger partial charge in [-0.05, 0) is 0 Å². The fourth-order valence-corrected chi connectivity index (χ4v) is 9.64. The quantitative estimate of drug-likeness (QED) is 0.424. The van der Waals surface area contributed by atoms with Gasteiger partial charge in [0.05, 0.1) is 26.4 Å². The minimum atomic E-state index is -1.46. The van der Waals surface area contributed by atoms with Crippen LogP contribution in [0.1, 0.15) is 41.5 Å². The van der Waals surface area contributed by atoms with E-state index >= 15 is 0 Å². The van der Waals surface area contributed by atoms with E-state index in [1.807, 2.05) is 0 Å². The molecule has 168 valence electrons. The van der Waals surface area contributed by atoms with Crippen molar-refractivity contribution in [1.29, 1.82) is 0 Å². The van der Waals surface area contributed by atoms with Gasteiger partial charge in [0.1, 0.15) is 0 Å². The van der Waals surface area contributed by atoms with E-state index in [0.29, 0.717) is 36.5 Å². The SMILES string of the molecule is CC(C)(C)[Si](C)(C)[N-][Si](C)(C)C(C)(C)C.COCCOC.COCCOC.[Na+]. The van der Waals surface area contributed by atoms with Gasteiger partial charge in [-0.1, -0.05) is 94.3 Å². The summed E-state index contributed by atoms with van der Waals surface area (Å²) in [7, 11) is 3.68. The van der Waals surface area contributed by atoms with Crippen LogP contribution in [0.2, 0.25) is 36.3 Å². The Bertz CT molecular complexity index is 304. The first-order valence-electron chi connectivity index (χ1n) is 9.73. The van der Waals surface area contributed by atoms with Gasteiger partial charge in [0.25, 0.3) is 0 Å². The molecule has 0 aliphatic carbocycles. The molecule has 0 bridgehead atoms. The summed E-state index contributed by atoms with van der Waals surface area (Å²) in [6, 6.07) is 0. The zero-order chi connectivity index (χ0) is 22.4. The fraction of sp³-hybridized carbons (Fsp3) is 1.00. The zero-order valence-electron chi connectivity index (χ0n) is 21.9. The second kappa shape index (κ2) is 17.9. The van der Waals surface area contributed by atoms with Crippen LogP contribution in [0.4, 0.5) is 0 Å². The van der Waals surface area contributed by atoms with Crippen molar-refractivity contribution in [1.82, 2.24) is 0 Å². The molecule has 0 heterocycles. The first kappa shape index (κ1) is 36.6. The minimum absolute atomic E-state index is 0. The topological polar surface area (TPSA) is 51.0 Å². The maximum Gasteiger partial charge on any atom is 1.00 e. The Balaban J connectivity index is -0.000000184. The predicted octanol–water partition coefficient (Wildman–Crippen LogP) is 2.93. The van der Waals surface area contributed by atoms with Crippen molar-refractivity contribution in [3.05, 3.63) is 4.65 Å². The van der Waals surface area contributed by atoms with Gasteiger partial charge in [0, 0.05) is 28.4 Å². The molecule has 0 saturated heterocycles. The van der Waals surface area contributed by atoms with E-state index in [9.17, 15) is 0 Å². The van der Waals surface area contributed by atoms with Crippen LogP contribution in [0.3, 0.4) is 0 Å². The molecular weight excluding hydrogens is 397 g/mol. The summed E-state index contributed by atoms with van der Waals surface area (Å²) in [5.74, 6) is 0.